The van der Waals surface area contributed by atoms with Gasteiger partial charge in [-0.3, -0.25) is 0 Å². The summed E-state index contributed by atoms with van der Waals surface area (Å²) in [5, 5.41) is -0.106. The Bertz CT molecular complexity index is 645. The minimum absolute atomic E-state index is 0.106. The lowest BCUT2D eigenvalue weighted by molar-refractivity contribution is -0.274. The molecule has 2 aromatic rings. The number of benzene rings is 2. The van der Waals surface area contributed by atoms with E-state index in [9.17, 15) is 17.6 Å². The Morgan fingerprint density at radius 3 is 2.33 bits per heavy atom. The molecule has 0 spiro atoms. The molecular formula is C14H10ClF4NO. The highest BCUT2D eigenvalue weighted by Crippen LogP contribution is 2.28. The third kappa shape index (κ3) is 4.09. The van der Waals surface area contributed by atoms with Crippen molar-refractivity contribution in [3.63, 3.8) is 0 Å². The summed E-state index contributed by atoms with van der Waals surface area (Å²) in [6.45, 7) is 0. The van der Waals surface area contributed by atoms with Crippen molar-refractivity contribution in [1.82, 2.24) is 0 Å². The molecule has 21 heavy (non-hydrogen) atoms. The number of halogens is 5. The first-order valence-corrected chi connectivity index (χ1v) is 6.20. The summed E-state index contributed by atoms with van der Waals surface area (Å²) < 4.78 is 53.5. The van der Waals surface area contributed by atoms with Gasteiger partial charge >= 0.3 is 6.36 Å². The van der Waals surface area contributed by atoms with Gasteiger partial charge in [-0.2, -0.15) is 0 Å². The maximum Gasteiger partial charge on any atom is 0.573 e. The molecule has 1 unspecified atom stereocenters. The highest BCUT2D eigenvalue weighted by atomic mass is 35.5. The van der Waals surface area contributed by atoms with Gasteiger partial charge < -0.3 is 10.5 Å². The SMILES string of the molecule is NC(c1cccc(OC(F)(F)F)c1)c1ccc(F)c(Cl)c1. The normalized spacial score (nSPS) is 13.0. The van der Waals surface area contributed by atoms with Gasteiger partial charge in [-0.15, -0.1) is 13.2 Å². The van der Waals surface area contributed by atoms with E-state index in [2.05, 4.69) is 4.74 Å². The Morgan fingerprint density at radius 1 is 1.05 bits per heavy atom. The summed E-state index contributed by atoms with van der Waals surface area (Å²) in [5.41, 5.74) is 6.82. The first-order valence-electron chi connectivity index (χ1n) is 5.82. The lowest BCUT2D eigenvalue weighted by Gasteiger charge is -2.15. The number of nitrogens with two attached hydrogens (primary N) is 1. The average Bonchev–Trinajstić information content (AvgIpc) is 2.39. The van der Waals surface area contributed by atoms with Crippen LogP contribution < -0.4 is 10.5 Å². The zero-order chi connectivity index (χ0) is 15.6. The standard InChI is InChI=1S/C14H10ClF4NO/c15-11-7-9(4-5-12(11)16)13(20)8-2-1-3-10(6-8)21-14(17,18)19/h1-7,13H,20H2. The van der Waals surface area contributed by atoms with Crippen LogP contribution in [0.25, 0.3) is 0 Å². The van der Waals surface area contributed by atoms with E-state index in [4.69, 9.17) is 17.3 Å². The Kier molecular flexibility index (Phi) is 4.39. The van der Waals surface area contributed by atoms with Gasteiger partial charge in [0.2, 0.25) is 0 Å². The van der Waals surface area contributed by atoms with Crippen LogP contribution in [-0.2, 0) is 0 Å². The van der Waals surface area contributed by atoms with Gasteiger partial charge in [0.05, 0.1) is 11.1 Å². The molecule has 0 aliphatic heterocycles. The Labute approximate surface area is 123 Å². The fourth-order valence-electron chi connectivity index (χ4n) is 1.80. The largest absolute Gasteiger partial charge is 0.573 e. The summed E-state index contributed by atoms with van der Waals surface area (Å²) >= 11 is 5.66. The average molecular weight is 320 g/mol. The molecule has 0 heterocycles. The van der Waals surface area contributed by atoms with Crippen molar-refractivity contribution >= 4 is 11.6 Å². The summed E-state index contributed by atoms with van der Waals surface area (Å²) in [6, 6.07) is 8.43. The quantitative estimate of drug-likeness (QED) is 0.850. The van der Waals surface area contributed by atoms with Crippen molar-refractivity contribution in [2.24, 2.45) is 5.73 Å². The number of ether oxygens (including phenoxy) is 1. The van der Waals surface area contributed by atoms with Gasteiger partial charge in [-0.05, 0) is 35.4 Å². The first-order chi connectivity index (χ1) is 9.76. The van der Waals surface area contributed by atoms with Crippen molar-refractivity contribution in [3.05, 3.63) is 64.4 Å². The predicted octanol–water partition coefficient (Wildman–Crippen LogP) is 4.43. The van der Waals surface area contributed by atoms with Crippen LogP contribution in [0.5, 0.6) is 5.75 Å². The van der Waals surface area contributed by atoms with Gasteiger partial charge in [0.15, 0.2) is 0 Å². The van der Waals surface area contributed by atoms with E-state index in [-0.39, 0.29) is 10.8 Å². The molecule has 7 heteroatoms. The molecule has 2 aromatic carbocycles. The monoisotopic (exact) mass is 319 g/mol. The molecule has 0 aliphatic rings. The fraction of sp³-hybridized carbons (Fsp3) is 0.143. The number of hydrogen-bond acceptors (Lipinski definition) is 2. The van der Waals surface area contributed by atoms with E-state index in [0.717, 1.165) is 6.07 Å². The highest BCUT2D eigenvalue weighted by Gasteiger charge is 2.31. The van der Waals surface area contributed by atoms with E-state index >= 15 is 0 Å². The third-order valence-corrected chi connectivity index (χ3v) is 3.04. The zero-order valence-electron chi connectivity index (χ0n) is 10.5. The smallest absolute Gasteiger partial charge is 0.406 e. The molecule has 0 saturated carbocycles. The third-order valence-electron chi connectivity index (χ3n) is 2.75. The van der Waals surface area contributed by atoms with Crippen molar-refractivity contribution in [1.29, 1.82) is 0 Å². The summed E-state index contributed by atoms with van der Waals surface area (Å²) in [6.07, 6.45) is -4.78. The molecule has 0 aromatic heterocycles. The minimum atomic E-state index is -4.78. The maximum absolute atomic E-state index is 13.1. The van der Waals surface area contributed by atoms with Crippen molar-refractivity contribution in [2.75, 3.05) is 0 Å². The summed E-state index contributed by atoms with van der Waals surface area (Å²) in [4.78, 5) is 0. The van der Waals surface area contributed by atoms with Gasteiger partial charge in [0.25, 0.3) is 0 Å². The van der Waals surface area contributed by atoms with Gasteiger partial charge in [-0.25, -0.2) is 4.39 Å². The van der Waals surface area contributed by atoms with Gasteiger partial charge in [0.1, 0.15) is 11.6 Å². The second-order valence-electron chi connectivity index (χ2n) is 4.27. The number of hydrogen-bond donors (Lipinski definition) is 1. The van der Waals surface area contributed by atoms with Crippen LogP contribution in [0.2, 0.25) is 5.02 Å². The minimum Gasteiger partial charge on any atom is -0.406 e. The second-order valence-corrected chi connectivity index (χ2v) is 4.68. The maximum atomic E-state index is 13.1. The first kappa shape index (κ1) is 15.6. The highest BCUT2D eigenvalue weighted by molar-refractivity contribution is 6.30. The molecule has 0 amide bonds. The van der Waals surface area contributed by atoms with Crippen LogP contribution in [0.15, 0.2) is 42.5 Å². The number of rotatable bonds is 3. The Morgan fingerprint density at radius 2 is 1.71 bits per heavy atom. The molecule has 0 fully saturated rings. The number of alkyl halides is 3. The lowest BCUT2D eigenvalue weighted by atomic mass is 9.99. The van der Waals surface area contributed by atoms with Gasteiger partial charge in [0, 0.05) is 0 Å². The van der Waals surface area contributed by atoms with Crippen molar-refractivity contribution in [2.45, 2.75) is 12.4 Å². The lowest BCUT2D eigenvalue weighted by Crippen LogP contribution is -2.18. The molecular weight excluding hydrogens is 310 g/mol. The van der Waals surface area contributed by atoms with Crippen molar-refractivity contribution < 1.29 is 22.3 Å². The van der Waals surface area contributed by atoms with E-state index < -0.39 is 18.2 Å². The van der Waals surface area contributed by atoms with E-state index in [1.165, 1.54) is 30.3 Å². The van der Waals surface area contributed by atoms with E-state index in [1.807, 2.05) is 0 Å². The molecule has 2 rings (SSSR count). The molecule has 2 N–H and O–H groups in total. The van der Waals surface area contributed by atoms with Crippen LogP contribution in [0.3, 0.4) is 0 Å². The fourth-order valence-corrected chi connectivity index (χ4v) is 1.99. The molecule has 0 saturated heterocycles. The topological polar surface area (TPSA) is 35.2 Å². The summed E-state index contributed by atoms with van der Waals surface area (Å²) in [5.74, 6) is -0.967. The predicted molar refractivity (Wildman–Crippen MR) is 70.6 cm³/mol. The van der Waals surface area contributed by atoms with Crippen LogP contribution >= 0.6 is 11.6 Å². The molecule has 1 atom stereocenters. The van der Waals surface area contributed by atoms with E-state index in [1.54, 1.807) is 6.07 Å². The molecule has 0 aliphatic carbocycles. The molecule has 0 bridgehead atoms. The van der Waals surface area contributed by atoms with Crippen LogP contribution in [0.4, 0.5) is 17.6 Å². The summed E-state index contributed by atoms with van der Waals surface area (Å²) in [7, 11) is 0. The van der Waals surface area contributed by atoms with E-state index in [0.29, 0.717) is 11.1 Å². The van der Waals surface area contributed by atoms with Crippen LogP contribution in [-0.4, -0.2) is 6.36 Å². The molecule has 112 valence electrons. The van der Waals surface area contributed by atoms with Crippen LogP contribution in [0.1, 0.15) is 17.2 Å². The molecule has 2 nitrogen and oxygen atoms in total. The zero-order valence-corrected chi connectivity index (χ0v) is 11.3. The van der Waals surface area contributed by atoms with Gasteiger partial charge in [-0.1, -0.05) is 29.8 Å². The molecule has 0 radical (unpaired) electrons. The van der Waals surface area contributed by atoms with Crippen molar-refractivity contribution in [3.8, 4) is 5.75 Å². The Hall–Kier alpha value is -1.79. The van der Waals surface area contributed by atoms with Crippen LogP contribution in [0, 0.1) is 5.82 Å². The Balaban J connectivity index is 2.28. The second kappa shape index (κ2) is 5.91.